The summed E-state index contributed by atoms with van der Waals surface area (Å²) in [5.74, 6) is 1.67. The van der Waals surface area contributed by atoms with E-state index in [0.29, 0.717) is 31.0 Å². The Hall–Kier alpha value is -2.09. The van der Waals surface area contributed by atoms with Crippen molar-refractivity contribution in [3.05, 3.63) is 23.3 Å². The molecule has 1 atom stereocenters. The highest BCUT2D eigenvalue weighted by Gasteiger charge is 2.27. The zero-order valence-corrected chi connectivity index (χ0v) is 16.5. The van der Waals surface area contributed by atoms with Crippen LogP contribution in [0.15, 0.2) is 12.1 Å². The third-order valence-electron chi connectivity index (χ3n) is 4.40. The maximum absolute atomic E-state index is 12.6. The molecule has 0 aliphatic carbocycles. The van der Waals surface area contributed by atoms with E-state index in [4.69, 9.17) is 14.2 Å². The van der Waals surface area contributed by atoms with Crippen molar-refractivity contribution in [1.82, 2.24) is 10.2 Å². The molecule has 1 aliphatic rings. The predicted molar refractivity (Wildman–Crippen MR) is 101 cm³/mol. The first-order valence-corrected chi connectivity index (χ1v) is 9.79. The molecule has 1 unspecified atom stereocenters. The predicted octanol–water partition coefficient (Wildman–Crippen LogP) is 2.07. The number of benzene rings is 1. The number of esters is 1. The van der Waals surface area contributed by atoms with Gasteiger partial charge in [0.1, 0.15) is 6.04 Å². The van der Waals surface area contributed by atoms with Gasteiger partial charge in [-0.25, -0.2) is 9.59 Å². The van der Waals surface area contributed by atoms with Gasteiger partial charge in [0.25, 0.3) is 0 Å². The fraction of sp³-hybridized carbons (Fsp3) is 0.556. The number of hydrogen-bond donors (Lipinski definition) is 1. The van der Waals surface area contributed by atoms with E-state index in [9.17, 15) is 9.59 Å². The van der Waals surface area contributed by atoms with E-state index in [1.807, 2.05) is 18.4 Å². The molecular weight excluding hydrogens is 356 g/mol. The maximum Gasteiger partial charge on any atom is 0.328 e. The highest BCUT2D eigenvalue weighted by atomic mass is 32.2. The summed E-state index contributed by atoms with van der Waals surface area (Å²) in [7, 11) is 4.52. The Morgan fingerprint density at radius 2 is 1.85 bits per heavy atom. The van der Waals surface area contributed by atoms with Crippen LogP contribution in [0.1, 0.15) is 17.5 Å². The molecule has 7 nitrogen and oxygen atoms in total. The standard InChI is InChI=1S/C18H26N2O5S/c1-23-15-9-12-5-7-20(11-13(12)10-16(15)24-2)18(22)19-14(6-8-26-4)17(21)25-3/h9-10,14H,5-8,11H2,1-4H3,(H,19,22). The van der Waals surface area contributed by atoms with Gasteiger partial charge in [-0.05, 0) is 48.1 Å². The number of carbonyl (C=O) groups excluding carboxylic acids is 2. The summed E-state index contributed by atoms with van der Waals surface area (Å²) in [6.45, 7) is 1.03. The first-order chi connectivity index (χ1) is 12.5. The molecule has 1 N–H and O–H groups in total. The van der Waals surface area contributed by atoms with Gasteiger partial charge in [0.05, 0.1) is 21.3 Å². The van der Waals surface area contributed by atoms with Crippen molar-refractivity contribution < 1.29 is 23.8 Å². The van der Waals surface area contributed by atoms with E-state index >= 15 is 0 Å². The second-order valence-corrected chi connectivity index (χ2v) is 6.94. The quantitative estimate of drug-likeness (QED) is 0.728. The molecule has 1 aliphatic heterocycles. The summed E-state index contributed by atoms with van der Waals surface area (Å²) in [5.41, 5.74) is 2.15. The molecule has 1 heterocycles. The van der Waals surface area contributed by atoms with Gasteiger partial charge < -0.3 is 24.4 Å². The van der Waals surface area contributed by atoms with Crippen molar-refractivity contribution in [3.63, 3.8) is 0 Å². The van der Waals surface area contributed by atoms with Crippen LogP contribution < -0.4 is 14.8 Å². The van der Waals surface area contributed by atoms with Crippen molar-refractivity contribution in [2.24, 2.45) is 0 Å². The van der Waals surface area contributed by atoms with Crippen LogP contribution in [0.25, 0.3) is 0 Å². The SMILES string of the molecule is COC(=O)C(CCSC)NC(=O)N1CCc2cc(OC)c(OC)cc2C1. The average Bonchev–Trinajstić information content (AvgIpc) is 2.68. The van der Waals surface area contributed by atoms with Crippen LogP contribution in [0, 0.1) is 0 Å². The summed E-state index contributed by atoms with van der Waals surface area (Å²) in [6, 6.07) is 2.96. The number of urea groups is 1. The minimum absolute atomic E-state index is 0.262. The molecule has 0 bridgehead atoms. The van der Waals surface area contributed by atoms with Crippen LogP contribution in [-0.2, 0) is 22.5 Å². The first-order valence-electron chi connectivity index (χ1n) is 8.40. The lowest BCUT2D eigenvalue weighted by Gasteiger charge is -2.31. The van der Waals surface area contributed by atoms with Gasteiger partial charge in [-0.3, -0.25) is 0 Å². The monoisotopic (exact) mass is 382 g/mol. The topological polar surface area (TPSA) is 77.1 Å². The van der Waals surface area contributed by atoms with E-state index in [2.05, 4.69) is 5.32 Å². The average molecular weight is 382 g/mol. The van der Waals surface area contributed by atoms with Crippen molar-refractivity contribution in [1.29, 1.82) is 0 Å². The lowest BCUT2D eigenvalue weighted by Crippen LogP contribution is -2.49. The largest absolute Gasteiger partial charge is 0.493 e. The zero-order chi connectivity index (χ0) is 19.1. The van der Waals surface area contributed by atoms with Crippen LogP contribution in [0.3, 0.4) is 0 Å². The Labute approximate surface area is 158 Å². The number of rotatable bonds is 7. The van der Waals surface area contributed by atoms with Crippen molar-refractivity contribution in [3.8, 4) is 11.5 Å². The van der Waals surface area contributed by atoms with Crippen molar-refractivity contribution >= 4 is 23.8 Å². The minimum atomic E-state index is -0.633. The molecule has 0 fully saturated rings. The fourth-order valence-corrected chi connectivity index (χ4v) is 3.40. The van der Waals surface area contributed by atoms with Gasteiger partial charge in [0, 0.05) is 13.1 Å². The normalized spacial score (nSPS) is 14.2. The van der Waals surface area contributed by atoms with Gasteiger partial charge in [0.2, 0.25) is 0 Å². The second-order valence-electron chi connectivity index (χ2n) is 5.95. The Bertz CT molecular complexity index is 653. The molecule has 1 aromatic carbocycles. The number of hydrogen-bond acceptors (Lipinski definition) is 6. The van der Waals surface area contributed by atoms with E-state index in [0.717, 1.165) is 23.3 Å². The van der Waals surface area contributed by atoms with Crippen molar-refractivity contribution in [2.45, 2.75) is 25.4 Å². The van der Waals surface area contributed by atoms with E-state index < -0.39 is 12.0 Å². The maximum atomic E-state index is 12.6. The third kappa shape index (κ3) is 4.75. The van der Waals surface area contributed by atoms with Gasteiger partial charge in [-0.2, -0.15) is 11.8 Å². The van der Waals surface area contributed by atoms with Crippen LogP contribution in [0.4, 0.5) is 4.79 Å². The summed E-state index contributed by atoms with van der Waals surface area (Å²) in [5, 5.41) is 2.80. The highest BCUT2D eigenvalue weighted by Crippen LogP contribution is 2.33. The van der Waals surface area contributed by atoms with E-state index in [1.54, 1.807) is 30.9 Å². The number of thioether (sulfide) groups is 1. The molecule has 0 saturated heterocycles. The Kier molecular flexibility index (Phi) is 7.44. The van der Waals surface area contributed by atoms with Crippen LogP contribution in [-0.4, -0.2) is 62.8 Å². The lowest BCUT2D eigenvalue weighted by atomic mass is 9.99. The molecule has 0 aromatic heterocycles. The van der Waals surface area contributed by atoms with Crippen LogP contribution >= 0.6 is 11.8 Å². The number of fused-ring (bicyclic) bond motifs is 1. The number of ether oxygens (including phenoxy) is 3. The van der Waals surface area contributed by atoms with Gasteiger partial charge in [-0.1, -0.05) is 0 Å². The molecule has 2 amide bonds. The molecule has 0 radical (unpaired) electrons. The minimum Gasteiger partial charge on any atom is -0.493 e. The number of nitrogens with one attached hydrogen (secondary N) is 1. The molecule has 0 spiro atoms. The second kappa shape index (κ2) is 9.56. The summed E-state index contributed by atoms with van der Waals surface area (Å²) < 4.78 is 15.5. The number of carbonyl (C=O) groups is 2. The van der Waals surface area contributed by atoms with Crippen LogP contribution in [0.2, 0.25) is 0 Å². The third-order valence-corrected chi connectivity index (χ3v) is 5.04. The fourth-order valence-electron chi connectivity index (χ4n) is 2.92. The molecule has 1 aromatic rings. The molecular formula is C18H26N2O5S. The van der Waals surface area contributed by atoms with Crippen LogP contribution in [0.5, 0.6) is 11.5 Å². The van der Waals surface area contributed by atoms with E-state index in [-0.39, 0.29) is 6.03 Å². The van der Waals surface area contributed by atoms with Gasteiger partial charge >= 0.3 is 12.0 Å². The van der Waals surface area contributed by atoms with Gasteiger partial charge in [-0.15, -0.1) is 0 Å². The zero-order valence-electron chi connectivity index (χ0n) is 15.7. The Balaban J connectivity index is 2.08. The number of methoxy groups -OCH3 is 3. The Morgan fingerprint density at radius 1 is 1.19 bits per heavy atom. The highest BCUT2D eigenvalue weighted by molar-refractivity contribution is 7.98. The molecule has 26 heavy (non-hydrogen) atoms. The number of amides is 2. The van der Waals surface area contributed by atoms with Crippen molar-refractivity contribution in [2.75, 3.05) is 39.9 Å². The molecule has 0 saturated carbocycles. The summed E-state index contributed by atoms with van der Waals surface area (Å²) in [4.78, 5) is 26.2. The van der Waals surface area contributed by atoms with E-state index in [1.165, 1.54) is 7.11 Å². The molecule has 8 heteroatoms. The Morgan fingerprint density at radius 3 is 2.42 bits per heavy atom. The molecule has 2 rings (SSSR count). The lowest BCUT2D eigenvalue weighted by molar-refractivity contribution is -0.142. The summed E-state index contributed by atoms with van der Waals surface area (Å²) in [6.07, 6.45) is 3.21. The first kappa shape index (κ1) is 20.2. The smallest absolute Gasteiger partial charge is 0.328 e. The number of nitrogens with zero attached hydrogens (tertiary/aromatic N) is 1. The van der Waals surface area contributed by atoms with Gasteiger partial charge in [0.15, 0.2) is 11.5 Å². The summed E-state index contributed by atoms with van der Waals surface area (Å²) >= 11 is 1.62. The molecule has 144 valence electrons.